The van der Waals surface area contributed by atoms with Crippen molar-refractivity contribution in [3.63, 3.8) is 0 Å². The van der Waals surface area contributed by atoms with Gasteiger partial charge in [0.15, 0.2) is 0 Å². The monoisotopic (exact) mass is 427 g/mol. The van der Waals surface area contributed by atoms with Gasteiger partial charge in [-0.2, -0.15) is 0 Å². The quantitative estimate of drug-likeness (QED) is 0.769. The number of likely N-dealkylation sites (tertiary alicyclic amines) is 1. The number of benzene rings is 2. The highest BCUT2D eigenvalue weighted by Gasteiger charge is 2.30. The minimum Gasteiger partial charge on any atom is -0.497 e. The summed E-state index contributed by atoms with van der Waals surface area (Å²) in [4.78, 5) is 40.6. The fraction of sp³-hybridized carbons (Fsp3) is 0.348. The molecule has 164 valence electrons. The van der Waals surface area contributed by atoms with E-state index in [9.17, 15) is 18.8 Å². The molecule has 0 saturated carbocycles. The molecule has 1 heterocycles. The van der Waals surface area contributed by atoms with Gasteiger partial charge in [0.1, 0.15) is 11.6 Å². The van der Waals surface area contributed by atoms with Gasteiger partial charge in [0, 0.05) is 37.3 Å². The first-order valence-corrected chi connectivity index (χ1v) is 10.1. The Labute approximate surface area is 180 Å². The number of anilines is 1. The number of likely N-dealkylation sites (N-methyl/N-ethyl adjacent to an activating group) is 1. The van der Waals surface area contributed by atoms with E-state index in [1.807, 2.05) is 0 Å². The Morgan fingerprint density at radius 3 is 2.26 bits per heavy atom. The van der Waals surface area contributed by atoms with E-state index >= 15 is 0 Å². The van der Waals surface area contributed by atoms with Crippen LogP contribution >= 0.6 is 0 Å². The van der Waals surface area contributed by atoms with Crippen molar-refractivity contribution in [1.82, 2.24) is 9.80 Å². The minimum absolute atomic E-state index is 0.0560. The molecule has 1 N–H and O–H groups in total. The smallest absolute Gasteiger partial charge is 0.253 e. The molecule has 7 nitrogen and oxygen atoms in total. The average molecular weight is 427 g/mol. The zero-order valence-corrected chi connectivity index (χ0v) is 17.6. The lowest BCUT2D eigenvalue weighted by Crippen LogP contribution is -2.45. The molecule has 0 aromatic heterocycles. The number of ether oxygens (including phenoxy) is 1. The molecule has 0 spiro atoms. The summed E-state index contributed by atoms with van der Waals surface area (Å²) in [5, 5.41) is 2.76. The van der Waals surface area contributed by atoms with Crippen LogP contribution in [0.5, 0.6) is 5.75 Å². The summed E-state index contributed by atoms with van der Waals surface area (Å²) in [5.74, 6) is -0.507. The van der Waals surface area contributed by atoms with E-state index in [1.165, 1.54) is 29.2 Å². The van der Waals surface area contributed by atoms with Crippen molar-refractivity contribution in [3.8, 4) is 5.75 Å². The van der Waals surface area contributed by atoms with Crippen LogP contribution in [-0.2, 0) is 9.59 Å². The van der Waals surface area contributed by atoms with Crippen LogP contribution in [-0.4, -0.2) is 61.3 Å². The first-order valence-electron chi connectivity index (χ1n) is 10.1. The largest absolute Gasteiger partial charge is 0.497 e. The van der Waals surface area contributed by atoms with Crippen molar-refractivity contribution in [3.05, 3.63) is 59.9 Å². The first kappa shape index (κ1) is 22.3. The highest BCUT2D eigenvalue weighted by molar-refractivity contribution is 5.95. The molecule has 1 saturated heterocycles. The SMILES string of the molecule is COc1ccc(NC(=O)CN(C)C(=O)C2CCN(C(=O)c3ccc(F)cc3)CC2)cc1. The summed E-state index contributed by atoms with van der Waals surface area (Å²) in [6.45, 7) is 0.830. The molecule has 0 radical (unpaired) electrons. The Morgan fingerprint density at radius 2 is 1.68 bits per heavy atom. The van der Waals surface area contributed by atoms with Gasteiger partial charge < -0.3 is 19.9 Å². The lowest BCUT2D eigenvalue weighted by molar-refractivity contribution is -0.138. The Kier molecular flexibility index (Phi) is 7.23. The molecular formula is C23H26FN3O4. The zero-order valence-electron chi connectivity index (χ0n) is 17.6. The van der Waals surface area contributed by atoms with E-state index < -0.39 is 0 Å². The minimum atomic E-state index is -0.389. The van der Waals surface area contributed by atoms with Crippen molar-refractivity contribution >= 4 is 23.4 Å². The fourth-order valence-corrected chi connectivity index (χ4v) is 3.58. The van der Waals surface area contributed by atoms with Crippen LogP contribution in [0.3, 0.4) is 0 Å². The Morgan fingerprint density at radius 1 is 1.06 bits per heavy atom. The molecule has 2 aromatic rings. The molecule has 0 atom stereocenters. The Hall–Kier alpha value is -3.42. The van der Waals surface area contributed by atoms with Gasteiger partial charge in [0.2, 0.25) is 11.8 Å². The number of nitrogens with one attached hydrogen (secondary N) is 1. The topological polar surface area (TPSA) is 79.0 Å². The van der Waals surface area contributed by atoms with Crippen LogP contribution < -0.4 is 10.1 Å². The van der Waals surface area contributed by atoms with Crippen molar-refractivity contribution in [2.75, 3.05) is 39.1 Å². The third-order valence-electron chi connectivity index (χ3n) is 5.35. The number of piperidine rings is 1. The van der Waals surface area contributed by atoms with E-state index in [0.717, 1.165) is 0 Å². The molecule has 0 aliphatic carbocycles. The number of amides is 3. The van der Waals surface area contributed by atoms with Crippen LogP contribution in [0, 0.1) is 11.7 Å². The lowest BCUT2D eigenvalue weighted by atomic mass is 9.95. The van der Waals surface area contributed by atoms with Crippen molar-refractivity contribution in [2.45, 2.75) is 12.8 Å². The maximum absolute atomic E-state index is 13.1. The van der Waals surface area contributed by atoms with Gasteiger partial charge in [-0.25, -0.2) is 4.39 Å². The van der Waals surface area contributed by atoms with E-state index in [2.05, 4.69) is 5.32 Å². The van der Waals surface area contributed by atoms with Gasteiger partial charge >= 0.3 is 0 Å². The number of nitrogens with zero attached hydrogens (tertiary/aromatic N) is 2. The van der Waals surface area contributed by atoms with Gasteiger partial charge in [-0.15, -0.1) is 0 Å². The standard InChI is InChI=1S/C23H26FN3O4/c1-26(15-21(28)25-19-7-9-20(31-2)10-8-19)22(29)17-11-13-27(14-12-17)23(30)16-3-5-18(24)6-4-16/h3-10,17H,11-15H2,1-2H3,(H,25,28). The van der Waals surface area contributed by atoms with Crippen LogP contribution in [0.1, 0.15) is 23.2 Å². The summed E-state index contributed by atoms with van der Waals surface area (Å²) in [7, 11) is 3.17. The van der Waals surface area contributed by atoms with E-state index in [-0.39, 0.29) is 36.0 Å². The van der Waals surface area contributed by atoms with Gasteiger partial charge in [-0.1, -0.05) is 0 Å². The molecule has 0 unspecified atom stereocenters. The summed E-state index contributed by atoms with van der Waals surface area (Å²) in [5.41, 5.74) is 1.05. The van der Waals surface area contributed by atoms with Crippen LogP contribution in [0.2, 0.25) is 0 Å². The fourth-order valence-electron chi connectivity index (χ4n) is 3.58. The second-order valence-electron chi connectivity index (χ2n) is 7.54. The van der Waals surface area contributed by atoms with E-state index in [1.54, 1.807) is 43.3 Å². The van der Waals surface area contributed by atoms with Crippen LogP contribution in [0.25, 0.3) is 0 Å². The second-order valence-corrected chi connectivity index (χ2v) is 7.54. The maximum atomic E-state index is 13.1. The van der Waals surface area contributed by atoms with Gasteiger partial charge in [0.25, 0.3) is 5.91 Å². The van der Waals surface area contributed by atoms with Crippen LogP contribution in [0.4, 0.5) is 10.1 Å². The number of hydrogen-bond acceptors (Lipinski definition) is 4. The van der Waals surface area contributed by atoms with Crippen molar-refractivity contribution in [1.29, 1.82) is 0 Å². The van der Waals surface area contributed by atoms with Crippen molar-refractivity contribution < 1.29 is 23.5 Å². The number of carbonyl (C=O) groups excluding carboxylic acids is 3. The number of rotatable bonds is 6. The number of methoxy groups -OCH3 is 1. The molecule has 2 aromatic carbocycles. The van der Waals surface area contributed by atoms with E-state index in [4.69, 9.17) is 4.74 Å². The van der Waals surface area contributed by atoms with Crippen molar-refractivity contribution in [2.24, 2.45) is 5.92 Å². The molecule has 8 heteroatoms. The second kappa shape index (κ2) is 10.1. The molecule has 1 aliphatic heterocycles. The molecule has 0 bridgehead atoms. The third-order valence-corrected chi connectivity index (χ3v) is 5.35. The summed E-state index contributed by atoms with van der Waals surface area (Å²) < 4.78 is 18.1. The predicted octanol–water partition coefficient (Wildman–Crippen LogP) is 2.78. The van der Waals surface area contributed by atoms with Gasteiger partial charge in [-0.05, 0) is 61.4 Å². The summed E-state index contributed by atoms with van der Waals surface area (Å²) in [6, 6.07) is 12.4. The zero-order chi connectivity index (χ0) is 22.4. The van der Waals surface area contributed by atoms with Gasteiger partial charge in [-0.3, -0.25) is 14.4 Å². The number of carbonyl (C=O) groups is 3. The maximum Gasteiger partial charge on any atom is 0.253 e. The summed E-state index contributed by atoms with van der Waals surface area (Å²) >= 11 is 0. The molecular weight excluding hydrogens is 401 g/mol. The number of hydrogen-bond donors (Lipinski definition) is 1. The molecule has 3 rings (SSSR count). The average Bonchev–Trinajstić information content (AvgIpc) is 2.79. The predicted molar refractivity (Wildman–Crippen MR) is 114 cm³/mol. The van der Waals surface area contributed by atoms with Gasteiger partial charge in [0.05, 0.1) is 13.7 Å². The summed E-state index contributed by atoms with van der Waals surface area (Å²) in [6.07, 6.45) is 1.05. The van der Waals surface area contributed by atoms with Crippen LogP contribution in [0.15, 0.2) is 48.5 Å². The molecule has 31 heavy (non-hydrogen) atoms. The normalized spacial score (nSPS) is 14.1. The lowest BCUT2D eigenvalue weighted by Gasteiger charge is -2.33. The highest BCUT2D eigenvalue weighted by Crippen LogP contribution is 2.21. The molecule has 1 fully saturated rings. The third kappa shape index (κ3) is 5.81. The first-order chi connectivity index (χ1) is 14.9. The Bertz CT molecular complexity index is 923. The Balaban J connectivity index is 1.47. The highest BCUT2D eigenvalue weighted by atomic mass is 19.1. The molecule has 3 amide bonds. The number of halogens is 1. The molecule has 1 aliphatic rings. The van der Waals surface area contributed by atoms with E-state index in [0.29, 0.717) is 42.9 Å².